The zero-order valence-electron chi connectivity index (χ0n) is 11.3. The highest BCUT2D eigenvalue weighted by Gasteiger charge is 2.19. The van der Waals surface area contributed by atoms with Gasteiger partial charge in [0.25, 0.3) is 0 Å². The summed E-state index contributed by atoms with van der Waals surface area (Å²) in [5.74, 6) is -0.327. The van der Waals surface area contributed by atoms with Crippen LogP contribution in [-0.2, 0) is 6.54 Å². The maximum atomic E-state index is 13.5. The fraction of sp³-hybridized carbons (Fsp3) is 0.214. The summed E-state index contributed by atoms with van der Waals surface area (Å²) in [6.07, 6.45) is 3.32. The average molecular weight is 291 g/mol. The van der Waals surface area contributed by atoms with Crippen molar-refractivity contribution in [1.82, 2.24) is 9.55 Å². The van der Waals surface area contributed by atoms with E-state index in [2.05, 4.69) is 4.98 Å². The Morgan fingerprint density at radius 2 is 2.19 bits per heavy atom. The normalized spacial score (nSPS) is 12.7. The highest BCUT2D eigenvalue weighted by atomic mass is 19.1. The van der Waals surface area contributed by atoms with Crippen molar-refractivity contribution in [3.05, 3.63) is 57.8 Å². The molecule has 0 aliphatic heterocycles. The van der Waals surface area contributed by atoms with Crippen molar-refractivity contribution in [2.24, 2.45) is 0 Å². The molecule has 1 aromatic carbocycles. The van der Waals surface area contributed by atoms with E-state index in [-0.39, 0.29) is 18.2 Å². The zero-order valence-corrected chi connectivity index (χ0v) is 11.3. The second-order valence-electron chi connectivity index (χ2n) is 4.55. The Kier molecular flexibility index (Phi) is 4.44. The highest BCUT2D eigenvalue weighted by Crippen LogP contribution is 2.18. The summed E-state index contributed by atoms with van der Waals surface area (Å²) in [6.45, 7) is 1.56. The maximum Gasteiger partial charge on any atom is 0.343 e. The third kappa shape index (κ3) is 3.51. The van der Waals surface area contributed by atoms with Gasteiger partial charge in [-0.3, -0.25) is 0 Å². The second kappa shape index (κ2) is 6.27. The van der Waals surface area contributed by atoms with Crippen LogP contribution >= 0.6 is 0 Å². The van der Waals surface area contributed by atoms with Crippen molar-refractivity contribution in [2.75, 3.05) is 0 Å². The Morgan fingerprint density at radius 3 is 2.81 bits per heavy atom. The Balaban J connectivity index is 2.36. The number of benzene rings is 1. The largest absolute Gasteiger partial charge is 0.389 e. The van der Waals surface area contributed by atoms with Crippen LogP contribution in [0.4, 0.5) is 10.2 Å². The molecule has 0 spiro atoms. The molecular formula is C14H14FN3O3. The van der Waals surface area contributed by atoms with E-state index in [4.69, 9.17) is 0 Å². The van der Waals surface area contributed by atoms with Crippen molar-refractivity contribution < 1.29 is 14.4 Å². The molecule has 2 aromatic rings. The molecule has 1 aromatic heterocycles. The minimum Gasteiger partial charge on any atom is -0.389 e. The van der Waals surface area contributed by atoms with E-state index >= 15 is 0 Å². The molecule has 0 radical (unpaired) electrons. The number of halogens is 1. The number of nitrogens with zero attached hydrogens (tertiary/aromatic N) is 3. The summed E-state index contributed by atoms with van der Waals surface area (Å²) >= 11 is 0. The number of aliphatic hydroxyl groups is 1. The lowest BCUT2D eigenvalue weighted by Crippen LogP contribution is -2.14. The van der Waals surface area contributed by atoms with Gasteiger partial charge in [0.15, 0.2) is 0 Å². The molecule has 0 amide bonds. The van der Waals surface area contributed by atoms with Crippen LogP contribution in [0.3, 0.4) is 0 Å². The van der Waals surface area contributed by atoms with Crippen LogP contribution < -0.4 is 0 Å². The van der Waals surface area contributed by atoms with Crippen LogP contribution in [0.15, 0.2) is 30.5 Å². The van der Waals surface area contributed by atoms with Crippen LogP contribution in [0.25, 0.3) is 12.2 Å². The summed E-state index contributed by atoms with van der Waals surface area (Å²) in [4.78, 5) is 14.3. The molecule has 1 unspecified atom stereocenters. The molecule has 0 bridgehead atoms. The summed E-state index contributed by atoms with van der Waals surface area (Å²) in [6, 6.07) is 6.17. The van der Waals surface area contributed by atoms with Gasteiger partial charge in [0.05, 0.1) is 6.10 Å². The van der Waals surface area contributed by atoms with Crippen LogP contribution in [-0.4, -0.2) is 25.7 Å². The first-order chi connectivity index (χ1) is 9.99. The molecule has 0 saturated carbocycles. The van der Waals surface area contributed by atoms with E-state index in [9.17, 15) is 19.6 Å². The standard InChI is InChI=1S/C14H14FN3O3/c1-10(19)9-17-13(16-8-14(17)18(20)21)7-6-11-4-2-3-5-12(11)15/h2-8,10,19H,9H2,1H3/b7-6+. The maximum absolute atomic E-state index is 13.5. The predicted molar refractivity (Wildman–Crippen MR) is 75.9 cm³/mol. The fourth-order valence-corrected chi connectivity index (χ4v) is 1.89. The molecule has 21 heavy (non-hydrogen) atoms. The van der Waals surface area contributed by atoms with E-state index in [1.54, 1.807) is 18.2 Å². The molecule has 2 rings (SSSR count). The molecule has 1 heterocycles. The SMILES string of the molecule is CC(O)Cn1c([N+](=O)[O-])cnc1/C=C/c1ccccc1F. The average Bonchev–Trinajstić information content (AvgIpc) is 2.80. The van der Waals surface area contributed by atoms with E-state index < -0.39 is 16.8 Å². The summed E-state index contributed by atoms with van der Waals surface area (Å²) in [5, 5.41) is 20.4. The Bertz CT molecular complexity index is 680. The summed E-state index contributed by atoms with van der Waals surface area (Å²) in [5.41, 5.74) is 0.353. The zero-order chi connectivity index (χ0) is 15.4. The number of rotatable bonds is 5. The Hall–Kier alpha value is -2.54. The van der Waals surface area contributed by atoms with Gasteiger partial charge in [-0.2, -0.15) is 0 Å². The van der Waals surface area contributed by atoms with Gasteiger partial charge in [0, 0.05) is 11.6 Å². The van der Waals surface area contributed by atoms with Gasteiger partial charge in [-0.25, -0.2) is 13.9 Å². The predicted octanol–water partition coefficient (Wildman–Crippen LogP) is 2.48. The summed E-state index contributed by atoms with van der Waals surface area (Å²) in [7, 11) is 0. The molecular weight excluding hydrogens is 277 g/mol. The first-order valence-electron chi connectivity index (χ1n) is 6.29. The number of hydrogen-bond acceptors (Lipinski definition) is 4. The lowest BCUT2D eigenvalue weighted by Gasteiger charge is -2.04. The number of aromatic nitrogens is 2. The van der Waals surface area contributed by atoms with Crippen molar-refractivity contribution in [2.45, 2.75) is 19.6 Å². The van der Waals surface area contributed by atoms with Gasteiger partial charge in [-0.05, 0) is 24.0 Å². The van der Waals surface area contributed by atoms with Crippen LogP contribution in [0, 0.1) is 15.9 Å². The lowest BCUT2D eigenvalue weighted by atomic mass is 10.2. The van der Waals surface area contributed by atoms with Gasteiger partial charge in [0.1, 0.15) is 18.6 Å². The fourth-order valence-electron chi connectivity index (χ4n) is 1.89. The summed E-state index contributed by atoms with van der Waals surface area (Å²) < 4.78 is 14.8. The molecule has 0 fully saturated rings. The van der Waals surface area contributed by atoms with E-state index in [1.165, 1.54) is 29.7 Å². The molecule has 0 aliphatic rings. The highest BCUT2D eigenvalue weighted by molar-refractivity contribution is 5.67. The smallest absolute Gasteiger partial charge is 0.343 e. The van der Waals surface area contributed by atoms with Gasteiger partial charge >= 0.3 is 5.82 Å². The first kappa shape index (κ1) is 14.9. The van der Waals surface area contributed by atoms with E-state index in [0.717, 1.165) is 6.20 Å². The minimum absolute atomic E-state index is 0.0350. The van der Waals surface area contributed by atoms with Crippen molar-refractivity contribution in [3.8, 4) is 0 Å². The van der Waals surface area contributed by atoms with Crippen LogP contribution in [0.1, 0.15) is 18.3 Å². The number of imidazole rings is 1. The molecule has 1 atom stereocenters. The number of nitro groups is 1. The Morgan fingerprint density at radius 1 is 1.48 bits per heavy atom. The monoisotopic (exact) mass is 291 g/mol. The Labute approximate surface area is 120 Å². The van der Waals surface area contributed by atoms with Crippen molar-refractivity contribution in [1.29, 1.82) is 0 Å². The molecule has 7 heteroatoms. The number of aliphatic hydroxyl groups excluding tert-OH is 1. The second-order valence-corrected chi connectivity index (χ2v) is 4.55. The molecule has 1 N–H and O–H groups in total. The van der Waals surface area contributed by atoms with Crippen LogP contribution in [0.2, 0.25) is 0 Å². The quantitative estimate of drug-likeness (QED) is 0.677. The minimum atomic E-state index is -0.765. The molecule has 0 aliphatic carbocycles. The van der Waals surface area contributed by atoms with Gasteiger partial charge in [-0.15, -0.1) is 0 Å². The van der Waals surface area contributed by atoms with Crippen molar-refractivity contribution in [3.63, 3.8) is 0 Å². The van der Waals surface area contributed by atoms with E-state index in [0.29, 0.717) is 5.56 Å². The van der Waals surface area contributed by atoms with Crippen molar-refractivity contribution >= 4 is 18.0 Å². The van der Waals surface area contributed by atoms with Gasteiger partial charge < -0.3 is 15.2 Å². The third-order valence-electron chi connectivity index (χ3n) is 2.82. The third-order valence-corrected chi connectivity index (χ3v) is 2.82. The van der Waals surface area contributed by atoms with E-state index in [1.807, 2.05) is 0 Å². The van der Waals surface area contributed by atoms with Gasteiger partial charge in [0.2, 0.25) is 5.82 Å². The first-order valence-corrected chi connectivity index (χ1v) is 6.29. The van der Waals surface area contributed by atoms with Crippen LogP contribution in [0.5, 0.6) is 0 Å². The molecule has 0 saturated heterocycles. The molecule has 6 nitrogen and oxygen atoms in total. The number of hydrogen-bond donors (Lipinski definition) is 1. The molecule has 110 valence electrons. The lowest BCUT2D eigenvalue weighted by molar-refractivity contribution is -0.392. The topological polar surface area (TPSA) is 81.2 Å². The van der Waals surface area contributed by atoms with Gasteiger partial charge in [-0.1, -0.05) is 18.2 Å².